The predicted octanol–water partition coefficient (Wildman–Crippen LogP) is 2.89. The number of rotatable bonds is 4. The highest BCUT2D eigenvalue weighted by Gasteiger charge is 2.22. The average Bonchev–Trinajstić information content (AvgIpc) is 2.17. The lowest BCUT2D eigenvalue weighted by Crippen LogP contribution is -2.17. The summed E-state index contributed by atoms with van der Waals surface area (Å²) >= 11 is -2.26. The molecule has 0 spiro atoms. The molecule has 0 radical (unpaired) electrons. The zero-order chi connectivity index (χ0) is 11.5. The van der Waals surface area contributed by atoms with Gasteiger partial charge in [-0.05, 0) is 17.9 Å². The molecule has 0 fully saturated rings. The van der Waals surface area contributed by atoms with Crippen molar-refractivity contribution in [3.8, 4) is 5.75 Å². The fourth-order valence-electron chi connectivity index (χ4n) is 1.37. The van der Waals surface area contributed by atoms with Crippen molar-refractivity contribution in [3.63, 3.8) is 0 Å². The lowest BCUT2D eigenvalue weighted by molar-refractivity contribution is 0.437. The molecular weight excluding hydrogens is 212 g/mol. The smallest absolute Gasteiger partial charge is 0.357 e. The van der Waals surface area contributed by atoms with E-state index in [-0.39, 0.29) is 5.41 Å². The van der Waals surface area contributed by atoms with Gasteiger partial charge in [-0.25, -0.2) is 0 Å². The van der Waals surface area contributed by atoms with E-state index in [4.69, 9.17) is 8.74 Å². The fourth-order valence-corrected chi connectivity index (χ4v) is 1.66. The van der Waals surface area contributed by atoms with Crippen LogP contribution in [-0.4, -0.2) is 8.76 Å². The first-order chi connectivity index (χ1) is 6.97. The van der Waals surface area contributed by atoms with Gasteiger partial charge in [0.15, 0.2) is 0 Å². The second-order valence-corrected chi connectivity index (χ2v) is 4.63. The van der Waals surface area contributed by atoms with Gasteiger partial charge in [-0.15, -0.1) is 0 Å². The highest BCUT2D eigenvalue weighted by Crippen LogP contribution is 2.34. The van der Waals surface area contributed by atoms with E-state index in [9.17, 15) is 4.21 Å². The summed E-state index contributed by atoms with van der Waals surface area (Å²) < 4.78 is 24.2. The Kier molecular flexibility index (Phi) is 3.88. The van der Waals surface area contributed by atoms with Gasteiger partial charge in [-0.2, -0.15) is 4.21 Å². The van der Waals surface area contributed by atoms with Crippen molar-refractivity contribution in [1.29, 1.82) is 0 Å². The Morgan fingerprint density at radius 1 is 1.40 bits per heavy atom. The molecule has 0 amide bonds. The van der Waals surface area contributed by atoms with Crippen LogP contribution in [0, 0.1) is 0 Å². The molecule has 1 rings (SSSR count). The summed E-state index contributed by atoms with van der Waals surface area (Å²) in [5.41, 5.74) is 0.894. The van der Waals surface area contributed by atoms with Crippen LogP contribution in [0.5, 0.6) is 5.75 Å². The molecule has 15 heavy (non-hydrogen) atoms. The molecule has 1 unspecified atom stereocenters. The first-order valence-electron chi connectivity index (χ1n) is 4.86. The van der Waals surface area contributed by atoms with E-state index in [0.717, 1.165) is 12.0 Å². The summed E-state index contributed by atoms with van der Waals surface area (Å²) in [4.78, 5) is 0. The largest absolute Gasteiger partial charge is 0.380 e. The van der Waals surface area contributed by atoms with Crippen molar-refractivity contribution in [1.82, 2.24) is 0 Å². The highest BCUT2D eigenvalue weighted by molar-refractivity contribution is 7.74. The van der Waals surface area contributed by atoms with Crippen LogP contribution in [0.1, 0.15) is 32.8 Å². The molecule has 0 aromatic heterocycles. The Labute approximate surface area is 93.0 Å². The molecule has 0 heterocycles. The van der Waals surface area contributed by atoms with Crippen molar-refractivity contribution in [2.45, 2.75) is 32.6 Å². The van der Waals surface area contributed by atoms with Crippen molar-refractivity contribution >= 4 is 11.4 Å². The van der Waals surface area contributed by atoms with Crippen LogP contribution >= 0.6 is 0 Å². The summed E-state index contributed by atoms with van der Waals surface area (Å²) in [6, 6.07) is 7.32. The van der Waals surface area contributed by atoms with E-state index in [1.807, 2.05) is 12.1 Å². The third-order valence-electron chi connectivity index (χ3n) is 2.66. The van der Waals surface area contributed by atoms with Gasteiger partial charge in [-0.3, -0.25) is 4.55 Å². The Hall–Kier alpha value is -0.870. The zero-order valence-corrected chi connectivity index (χ0v) is 10.0. The topological polar surface area (TPSA) is 46.5 Å². The van der Waals surface area contributed by atoms with E-state index >= 15 is 0 Å². The summed E-state index contributed by atoms with van der Waals surface area (Å²) in [6.45, 7) is 6.23. The first kappa shape index (κ1) is 12.2. The van der Waals surface area contributed by atoms with Gasteiger partial charge in [0, 0.05) is 5.56 Å². The lowest BCUT2D eigenvalue weighted by Gasteiger charge is -2.24. The van der Waals surface area contributed by atoms with Gasteiger partial charge in [0.05, 0.1) is 0 Å². The Morgan fingerprint density at radius 2 is 2.00 bits per heavy atom. The van der Waals surface area contributed by atoms with E-state index in [1.165, 1.54) is 0 Å². The monoisotopic (exact) mass is 228 g/mol. The molecule has 1 aromatic carbocycles. The van der Waals surface area contributed by atoms with Crippen molar-refractivity contribution in [2.75, 3.05) is 0 Å². The Morgan fingerprint density at radius 3 is 2.53 bits per heavy atom. The number of hydrogen-bond donors (Lipinski definition) is 1. The molecular formula is C11H16O3S. The Bertz CT molecular complexity index is 361. The molecule has 0 aliphatic carbocycles. The summed E-state index contributed by atoms with van der Waals surface area (Å²) in [5.74, 6) is 0.477. The summed E-state index contributed by atoms with van der Waals surface area (Å²) in [6.07, 6.45) is 0.936. The molecule has 1 N–H and O–H groups in total. The van der Waals surface area contributed by atoms with Crippen molar-refractivity contribution in [3.05, 3.63) is 29.8 Å². The molecule has 0 bridgehead atoms. The molecule has 0 saturated carbocycles. The van der Waals surface area contributed by atoms with E-state index in [0.29, 0.717) is 5.75 Å². The van der Waals surface area contributed by atoms with E-state index < -0.39 is 11.4 Å². The summed E-state index contributed by atoms with van der Waals surface area (Å²) in [7, 11) is 0. The molecule has 1 aromatic rings. The van der Waals surface area contributed by atoms with Crippen LogP contribution < -0.4 is 4.18 Å². The first-order valence-corrected chi connectivity index (χ1v) is 5.89. The van der Waals surface area contributed by atoms with Gasteiger partial charge >= 0.3 is 11.4 Å². The van der Waals surface area contributed by atoms with Gasteiger partial charge < -0.3 is 4.18 Å². The van der Waals surface area contributed by atoms with Crippen LogP contribution in [-0.2, 0) is 16.8 Å². The normalized spacial score (nSPS) is 13.6. The molecule has 84 valence electrons. The SMILES string of the molecule is CCC(C)(C)c1ccccc1OS(=O)O. The molecule has 0 saturated heterocycles. The van der Waals surface area contributed by atoms with Crippen molar-refractivity contribution < 1.29 is 12.9 Å². The van der Waals surface area contributed by atoms with Crippen LogP contribution in [0.4, 0.5) is 0 Å². The zero-order valence-electron chi connectivity index (χ0n) is 9.19. The maximum absolute atomic E-state index is 10.6. The van der Waals surface area contributed by atoms with Gasteiger partial charge in [0.25, 0.3) is 0 Å². The standard InChI is InChI=1S/C11H16O3S/c1-4-11(2,3)9-7-5-6-8-10(9)14-15(12)13/h5-8H,4H2,1-3H3,(H,12,13). The van der Waals surface area contributed by atoms with Gasteiger partial charge in [0.2, 0.25) is 0 Å². The molecule has 1 atom stereocenters. The minimum atomic E-state index is -2.26. The molecule has 0 aliphatic heterocycles. The van der Waals surface area contributed by atoms with Gasteiger partial charge in [0.1, 0.15) is 5.75 Å². The molecule has 0 aliphatic rings. The predicted molar refractivity (Wildman–Crippen MR) is 61.2 cm³/mol. The molecule has 3 nitrogen and oxygen atoms in total. The fraction of sp³-hybridized carbons (Fsp3) is 0.455. The second-order valence-electron chi connectivity index (χ2n) is 4.03. The average molecular weight is 228 g/mol. The van der Waals surface area contributed by atoms with Gasteiger partial charge in [-0.1, -0.05) is 39.0 Å². The van der Waals surface area contributed by atoms with E-state index in [1.54, 1.807) is 12.1 Å². The van der Waals surface area contributed by atoms with Crippen LogP contribution in [0.3, 0.4) is 0 Å². The van der Waals surface area contributed by atoms with Crippen molar-refractivity contribution in [2.24, 2.45) is 0 Å². The second kappa shape index (κ2) is 4.77. The Balaban J connectivity index is 3.11. The maximum Gasteiger partial charge on any atom is 0.357 e. The van der Waals surface area contributed by atoms with Crippen LogP contribution in [0.25, 0.3) is 0 Å². The van der Waals surface area contributed by atoms with E-state index in [2.05, 4.69) is 20.8 Å². The molecule has 4 heteroatoms. The van der Waals surface area contributed by atoms with Crippen LogP contribution in [0.2, 0.25) is 0 Å². The van der Waals surface area contributed by atoms with Crippen LogP contribution in [0.15, 0.2) is 24.3 Å². The maximum atomic E-state index is 10.6. The third-order valence-corrected chi connectivity index (χ3v) is 2.98. The minimum Gasteiger partial charge on any atom is -0.380 e. The minimum absolute atomic E-state index is 0.0596. The highest BCUT2D eigenvalue weighted by atomic mass is 32.2. The number of hydrogen-bond acceptors (Lipinski definition) is 2. The third kappa shape index (κ3) is 3.04. The number of para-hydroxylation sites is 1. The summed E-state index contributed by atoms with van der Waals surface area (Å²) in [5, 5.41) is 0. The lowest BCUT2D eigenvalue weighted by atomic mass is 9.82. The number of benzene rings is 1. The quantitative estimate of drug-likeness (QED) is 0.806.